The molecule has 0 saturated heterocycles. The molecule has 0 radical (unpaired) electrons. The Morgan fingerprint density at radius 1 is 1.40 bits per heavy atom. The van der Waals surface area contributed by atoms with Gasteiger partial charge in [-0.3, -0.25) is 0 Å². The van der Waals surface area contributed by atoms with Crippen LogP contribution >= 0.6 is 0 Å². The third kappa shape index (κ3) is 1.83. The van der Waals surface area contributed by atoms with Crippen molar-refractivity contribution in [1.29, 1.82) is 0 Å². The second-order valence-electron chi connectivity index (χ2n) is 3.44. The first-order valence-corrected chi connectivity index (χ1v) is 4.89. The van der Waals surface area contributed by atoms with Crippen LogP contribution in [0, 0.1) is 6.92 Å². The number of nitrogens with two attached hydrogens (primary N) is 1. The molecule has 4 nitrogen and oxygen atoms in total. The number of nitrogens with zero attached hydrogens (tertiary/aromatic N) is 2. The molecule has 4 heteroatoms. The molecule has 0 aliphatic rings. The van der Waals surface area contributed by atoms with Crippen LogP contribution in [0.1, 0.15) is 18.3 Å². The molecule has 1 heterocycles. The third-order valence-corrected chi connectivity index (χ3v) is 2.30. The van der Waals surface area contributed by atoms with E-state index in [4.69, 9.17) is 10.3 Å². The minimum atomic E-state index is 0.551. The van der Waals surface area contributed by atoms with Gasteiger partial charge in [0.05, 0.1) is 0 Å². The minimum Gasteiger partial charge on any atom is -0.399 e. The summed E-state index contributed by atoms with van der Waals surface area (Å²) in [4.78, 5) is 4.25. The van der Waals surface area contributed by atoms with E-state index in [0.717, 1.165) is 29.1 Å². The number of aromatic nitrogens is 2. The van der Waals surface area contributed by atoms with Gasteiger partial charge in [-0.1, -0.05) is 12.1 Å². The second kappa shape index (κ2) is 3.73. The maximum absolute atomic E-state index is 5.73. The predicted molar refractivity (Wildman–Crippen MR) is 58.3 cm³/mol. The Kier molecular flexibility index (Phi) is 2.41. The normalized spacial score (nSPS) is 10.5. The van der Waals surface area contributed by atoms with Crippen LogP contribution in [0.15, 0.2) is 22.7 Å². The molecule has 0 spiro atoms. The monoisotopic (exact) mass is 203 g/mol. The van der Waals surface area contributed by atoms with Gasteiger partial charge in [-0.2, -0.15) is 4.98 Å². The summed E-state index contributed by atoms with van der Waals surface area (Å²) in [5.74, 6) is 1.27. The topological polar surface area (TPSA) is 64.9 Å². The van der Waals surface area contributed by atoms with E-state index in [9.17, 15) is 0 Å². The summed E-state index contributed by atoms with van der Waals surface area (Å²) < 4.78 is 5.13. The van der Waals surface area contributed by atoms with Crippen molar-refractivity contribution < 1.29 is 4.52 Å². The van der Waals surface area contributed by atoms with Gasteiger partial charge in [-0.15, -0.1) is 0 Å². The fraction of sp³-hybridized carbons (Fsp3) is 0.273. The van der Waals surface area contributed by atoms with E-state index in [1.807, 2.05) is 32.0 Å². The third-order valence-electron chi connectivity index (χ3n) is 2.30. The van der Waals surface area contributed by atoms with Gasteiger partial charge >= 0.3 is 0 Å². The first kappa shape index (κ1) is 9.71. The number of hydrogen-bond donors (Lipinski definition) is 1. The Morgan fingerprint density at radius 2 is 2.20 bits per heavy atom. The summed E-state index contributed by atoms with van der Waals surface area (Å²) in [7, 11) is 0. The second-order valence-corrected chi connectivity index (χ2v) is 3.44. The Balaban J connectivity index is 2.40. The average Bonchev–Trinajstić information content (AvgIpc) is 2.70. The Hall–Kier alpha value is -1.84. The van der Waals surface area contributed by atoms with Gasteiger partial charge in [0, 0.05) is 17.7 Å². The van der Waals surface area contributed by atoms with Crippen LogP contribution in [0.3, 0.4) is 0 Å². The van der Waals surface area contributed by atoms with Crippen LogP contribution in [-0.4, -0.2) is 10.1 Å². The molecule has 0 bridgehead atoms. The van der Waals surface area contributed by atoms with Gasteiger partial charge in [0.15, 0.2) is 5.82 Å². The van der Waals surface area contributed by atoms with E-state index >= 15 is 0 Å². The van der Waals surface area contributed by atoms with Crippen molar-refractivity contribution in [2.45, 2.75) is 20.3 Å². The Labute approximate surface area is 88.1 Å². The molecule has 1 aromatic carbocycles. The highest BCUT2D eigenvalue weighted by Gasteiger charge is 2.07. The maximum atomic E-state index is 5.73. The molecule has 15 heavy (non-hydrogen) atoms. The average molecular weight is 203 g/mol. The zero-order valence-electron chi connectivity index (χ0n) is 8.82. The van der Waals surface area contributed by atoms with E-state index in [2.05, 4.69) is 10.1 Å². The molecule has 0 saturated carbocycles. The lowest BCUT2D eigenvalue weighted by molar-refractivity contribution is 0.423. The van der Waals surface area contributed by atoms with Gasteiger partial charge in [-0.25, -0.2) is 0 Å². The van der Waals surface area contributed by atoms with Crippen LogP contribution in [-0.2, 0) is 6.42 Å². The summed E-state index contributed by atoms with van der Waals surface area (Å²) >= 11 is 0. The predicted octanol–water partition coefficient (Wildman–Crippen LogP) is 2.19. The standard InChI is InChI=1S/C11H13N3O/c1-3-10-13-11(15-14-10)8-4-5-9(12)7(2)6-8/h4-6H,3,12H2,1-2H3. The largest absolute Gasteiger partial charge is 0.399 e. The van der Waals surface area contributed by atoms with E-state index in [1.165, 1.54) is 0 Å². The Bertz CT molecular complexity index is 476. The highest BCUT2D eigenvalue weighted by atomic mass is 16.5. The highest BCUT2D eigenvalue weighted by molar-refractivity contribution is 5.60. The van der Waals surface area contributed by atoms with Gasteiger partial charge in [0.25, 0.3) is 5.89 Å². The molecule has 2 rings (SSSR count). The first-order chi connectivity index (χ1) is 7.20. The lowest BCUT2D eigenvalue weighted by Crippen LogP contribution is -1.89. The highest BCUT2D eigenvalue weighted by Crippen LogP contribution is 2.21. The number of aryl methyl sites for hydroxylation is 2. The SMILES string of the molecule is CCc1noc(-c2ccc(N)c(C)c2)n1. The van der Waals surface area contributed by atoms with Gasteiger partial charge in [-0.05, 0) is 30.7 Å². The number of anilines is 1. The minimum absolute atomic E-state index is 0.551. The number of rotatable bonds is 2. The fourth-order valence-electron chi connectivity index (χ4n) is 1.32. The Morgan fingerprint density at radius 3 is 2.80 bits per heavy atom. The molecule has 1 aromatic heterocycles. The van der Waals surface area contributed by atoms with Crippen molar-refractivity contribution in [1.82, 2.24) is 10.1 Å². The van der Waals surface area contributed by atoms with Crippen molar-refractivity contribution in [2.24, 2.45) is 0 Å². The maximum Gasteiger partial charge on any atom is 0.257 e. The first-order valence-electron chi connectivity index (χ1n) is 4.89. The molecule has 0 unspecified atom stereocenters. The van der Waals surface area contributed by atoms with Crippen molar-refractivity contribution in [3.05, 3.63) is 29.6 Å². The van der Waals surface area contributed by atoms with Crippen LogP contribution in [0.2, 0.25) is 0 Å². The van der Waals surface area contributed by atoms with Crippen molar-refractivity contribution in [2.75, 3.05) is 5.73 Å². The summed E-state index contributed by atoms with van der Waals surface area (Å²) in [5, 5.41) is 3.85. The quantitative estimate of drug-likeness (QED) is 0.760. The van der Waals surface area contributed by atoms with E-state index < -0.39 is 0 Å². The van der Waals surface area contributed by atoms with Gasteiger partial charge < -0.3 is 10.3 Å². The summed E-state index contributed by atoms with van der Waals surface area (Å²) in [5.41, 5.74) is 8.43. The van der Waals surface area contributed by atoms with E-state index in [1.54, 1.807) is 0 Å². The molecule has 78 valence electrons. The van der Waals surface area contributed by atoms with E-state index in [0.29, 0.717) is 5.89 Å². The van der Waals surface area contributed by atoms with Gasteiger partial charge in [0.1, 0.15) is 0 Å². The number of nitrogen functional groups attached to an aromatic ring is 1. The van der Waals surface area contributed by atoms with Crippen LogP contribution in [0.5, 0.6) is 0 Å². The van der Waals surface area contributed by atoms with Gasteiger partial charge in [0.2, 0.25) is 0 Å². The lowest BCUT2D eigenvalue weighted by Gasteiger charge is -2.00. The number of hydrogen-bond acceptors (Lipinski definition) is 4. The molecule has 0 amide bonds. The molecular weight excluding hydrogens is 190 g/mol. The number of benzene rings is 1. The summed E-state index contributed by atoms with van der Waals surface area (Å²) in [6.07, 6.45) is 0.775. The zero-order valence-corrected chi connectivity index (χ0v) is 8.82. The van der Waals surface area contributed by atoms with Crippen molar-refractivity contribution in [3.63, 3.8) is 0 Å². The molecule has 2 aromatic rings. The van der Waals surface area contributed by atoms with Crippen molar-refractivity contribution in [3.8, 4) is 11.5 Å². The molecular formula is C11H13N3O. The van der Waals surface area contributed by atoms with E-state index in [-0.39, 0.29) is 0 Å². The lowest BCUT2D eigenvalue weighted by atomic mass is 10.1. The molecule has 0 aliphatic carbocycles. The smallest absolute Gasteiger partial charge is 0.257 e. The van der Waals surface area contributed by atoms with Crippen LogP contribution in [0.25, 0.3) is 11.5 Å². The zero-order chi connectivity index (χ0) is 10.8. The summed E-state index contributed by atoms with van der Waals surface area (Å²) in [6.45, 7) is 3.94. The summed E-state index contributed by atoms with van der Waals surface area (Å²) in [6, 6.07) is 5.68. The fourth-order valence-corrected chi connectivity index (χ4v) is 1.32. The molecule has 0 atom stereocenters. The molecule has 0 fully saturated rings. The van der Waals surface area contributed by atoms with Crippen LogP contribution in [0.4, 0.5) is 5.69 Å². The van der Waals surface area contributed by atoms with Crippen molar-refractivity contribution >= 4 is 5.69 Å². The molecule has 2 N–H and O–H groups in total. The van der Waals surface area contributed by atoms with Crippen LogP contribution < -0.4 is 5.73 Å². The molecule has 0 aliphatic heterocycles.